The topological polar surface area (TPSA) is 24.9 Å². The van der Waals surface area contributed by atoms with Crippen LogP contribution < -0.4 is 9.47 Å². The van der Waals surface area contributed by atoms with Crippen LogP contribution in [0.4, 0.5) is 0 Å². The Bertz CT molecular complexity index is 884. The molecule has 0 spiro atoms. The van der Waals surface area contributed by atoms with Crippen molar-refractivity contribution in [1.82, 2.24) is 9.80 Å². The third-order valence-electron chi connectivity index (χ3n) is 7.48. The highest BCUT2D eigenvalue weighted by atomic mass is 16.5. The fourth-order valence-electron chi connectivity index (χ4n) is 5.88. The summed E-state index contributed by atoms with van der Waals surface area (Å²) in [4.78, 5) is 5.07. The zero-order valence-electron chi connectivity index (χ0n) is 16.7. The summed E-state index contributed by atoms with van der Waals surface area (Å²) < 4.78 is 12.5. The normalized spacial score (nSPS) is 24.1. The van der Waals surface area contributed by atoms with Crippen LogP contribution in [0, 0.1) is 0 Å². The van der Waals surface area contributed by atoms with Crippen LogP contribution in [-0.4, -0.2) is 35.3 Å². The number of hydrogen-bond donors (Lipinski definition) is 0. The molecule has 2 aliphatic carbocycles. The van der Waals surface area contributed by atoms with Crippen LogP contribution in [0.25, 0.3) is 10.8 Å². The SMILES string of the molecule is c1cc2c3c(ccc2c2c1CN(C1CCCC1)CO2)OCN(C1CCCC1)C3. The second-order valence-electron chi connectivity index (χ2n) is 9.11. The summed E-state index contributed by atoms with van der Waals surface area (Å²) >= 11 is 0. The van der Waals surface area contributed by atoms with Crippen molar-refractivity contribution in [3.8, 4) is 11.5 Å². The summed E-state index contributed by atoms with van der Waals surface area (Å²) in [6.45, 7) is 3.50. The van der Waals surface area contributed by atoms with E-state index in [0.717, 1.165) is 38.1 Å². The van der Waals surface area contributed by atoms with Crippen molar-refractivity contribution < 1.29 is 9.47 Å². The Labute approximate surface area is 167 Å². The molecule has 148 valence electrons. The van der Waals surface area contributed by atoms with Crippen LogP contribution in [-0.2, 0) is 13.1 Å². The van der Waals surface area contributed by atoms with E-state index in [1.165, 1.54) is 73.3 Å². The monoisotopic (exact) mass is 378 g/mol. The average Bonchev–Trinajstić information content (AvgIpc) is 3.46. The van der Waals surface area contributed by atoms with Crippen molar-refractivity contribution in [3.63, 3.8) is 0 Å². The van der Waals surface area contributed by atoms with E-state index in [1.54, 1.807) is 0 Å². The minimum atomic E-state index is 0.692. The van der Waals surface area contributed by atoms with Gasteiger partial charge < -0.3 is 9.47 Å². The molecule has 0 bridgehead atoms. The van der Waals surface area contributed by atoms with E-state index in [1.807, 2.05) is 0 Å². The lowest BCUT2D eigenvalue weighted by Crippen LogP contribution is -2.39. The predicted molar refractivity (Wildman–Crippen MR) is 111 cm³/mol. The maximum atomic E-state index is 6.35. The van der Waals surface area contributed by atoms with Gasteiger partial charge in [0.15, 0.2) is 0 Å². The molecule has 0 amide bonds. The third-order valence-corrected chi connectivity index (χ3v) is 7.48. The number of fused-ring (bicyclic) bond motifs is 5. The molecule has 2 heterocycles. The molecule has 0 saturated heterocycles. The van der Waals surface area contributed by atoms with Gasteiger partial charge in [-0.05, 0) is 43.2 Å². The summed E-state index contributed by atoms with van der Waals surface area (Å²) in [7, 11) is 0. The fraction of sp³-hybridized carbons (Fsp3) is 0.583. The van der Waals surface area contributed by atoms with Crippen LogP contribution in [0.5, 0.6) is 11.5 Å². The first-order valence-corrected chi connectivity index (χ1v) is 11.2. The van der Waals surface area contributed by atoms with Gasteiger partial charge in [-0.2, -0.15) is 0 Å². The number of rotatable bonds is 2. The minimum Gasteiger partial charge on any atom is -0.478 e. The van der Waals surface area contributed by atoms with Crippen LogP contribution in [0.15, 0.2) is 24.3 Å². The highest BCUT2D eigenvalue weighted by Gasteiger charge is 2.30. The Kier molecular flexibility index (Phi) is 4.23. The molecule has 2 fully saturated rings. The van der Waals surface area contributed by atoms with Crippen molar-refractivity contribution in [2.45, 2.75) is 76.5 Å². The van der Waals surface area contributed by atoms with E-state index in [9.17, 15) is 0 Å². The Hall–Kier alpha value is -1.78. The molecule has 4 aliphatic rings. The lowest BCUT2D eigenvalue weighted by molar-refractivity contribution is 0.0577. The van der Waals surface area contributed by atoms with Gasteiger partial charge in [0.2, 0.25) is 0 Å². The van der Waals surface area contributed by atoms with Gasteiger partial charge in [-0.3, -0.25) is 9.80 Å². The van der Waals surface area contributed by atoms with Crippen LogP contribution in [0.3, 0.4) is 0 Å². The molecule has 0 unspecified atom stereocenters. The summed E-state index contributed by atoms with van der Waals surface area (Å²) in [6.07, 6.45) is 10.8. The van der Waals surface area contributed by atoms with Crippen molar-refractivity contribution >= 4 is 10.8 Å². The number of nitrogens with zero attached hydrogens (tertiary/aromatic N) is 2. The second-order valence-corrected chi connectivity index (χ2v) is 9.11. The van der Waals surface area contributed by atoms with E-state index < -0.39 is 0 Å². The van der Waals surface area contributed by atoms with Gasteiger partial charge in [-0.15, -0.1) is 0 Å². The first-order valence-electron chi connectivity index (χ1n) is 11.2. The zero-order chi connectivity index (χ0) is 18.5. The molecule has 0 aromatic heterocycles. The van der Waals surface area contributed by atoms with Gasteiger partial charge in [0.05, 0.1) is 0 Å². The molecule has 6 rings (SSSR count). The Morgan fingerprint density at radius 3 is 2.07 bits per heavy atom. The van der Waals surface area contributed by atoms with Gasteiger partial charge in [0.25, 0.3) is 0 Å². The maximum absolute atomic E-state index is 6.35. The summed E-state index contributed by atoms with van der Waals surface area (Å²) in [6, 6.07) is 10.4. The molecule has 4 heteroatoms. The van der Waals surface area contributed by atoms with Gasteiger partial charge in [0.1, 0.15) is 25.0 Å². The van der Waals surface area contributed by atoms with E-state index in [4.69, 9.17) is 9.47 Å². The first-order chi connectivity index (χ1) is 13.9. The quantitative estimate of drug-likeness (QED) is 0.732. The molecule has 0 N–H and O–H groups in total. The largest absolute Gasteiger partial charge is 0.478 e. The van der Waals surface area contributed by atoms with Gasteiger partial charge >= 0.3 is 0 Å². The Morgan fingerprint density at radius 2 is 1.32 bits per heavy atom. The molecule has 2 aliphatic heterocycles. The summed E-state index contributed by atoms with van der Waals surface area (Å²) in [5.74, 6) is 2.16. The molecule has 2 saturated carbocycles. The van der Waals surface area contributed by atoms with Crippen LogP contribution >= 0.6 is 0 Å². The summed E-state index contributed by atoms with van der Waals surface area (Å²) in [5, 5.41) is 2.58. The fourth-order valence-corrected chi connectivity index (χ4v) is 5.88. The summed E-state index contributed by atoms with van der Waals surface area (Å²) in [5.41, 5.74) is 2.69. The van der Waals surface area contributed by atoms with E-state index in [2.05, 4.69) is 34.1 Å². The molecular weight excluding hydrogens is 348 g/mol. The number of ether oxygens (including phenoxy) is 2. The van der Waals surface area contributed by atoms with E-state index >= 15 is 0 Å². The molecular formula is C24H30N2O2. The molecule has 0 atom stereocenters. The minimum absolute atomic E-state index is 0.692. The molecule has 28 heavy (non-hydrogen) atoms. The highest BCUT2D eigenvalue weighted by molar-refractivity contribution is 5.94. The standard InChI is InChI=1S/C24H30N2O2/c1-2-6-18(5-1)25-13-17-9-10-20-21(24(17)28-16-25)11-12-23-22(20)14-26(15-27-23)19-7-3-4-8-19/h9-12,18-19H,1-8,13-16H2. The lowest BCUT2D eigenvalue weighted by Gasteiger charge is -2.36. The van der Waals surface area contributed by atoms with Crippen LogP contribution in [0.1, 0.15) is 62.5 Å². The smallest absolute Gasteiger partial charge is 0.142 e. The zero-order valence-corrected chi connectivity index (χ0v) is 16.7. The maximum Gasteiger partial charge on any atom is 0.142 e. The van der Waals surface area contributed by atoms with E-state index in [0.29, 0.717) is 12.1 Å². The van der Waals surface area contributed by atoms with Gasteiger partial charge in [-0.25, -0.2) is 0 Å². The van der Waals surface area contributed by atoms with Crippen LogP contribution in [0.2, 0.25) is 0 Å². The third kappa shape index (κ3) is 2.81. The molecule has 2 aromatic rings. The Balaban J connectivity index is 1.33. The molecule has 2 aromatic carbocycles. The Morgan fingerprint density at radius 1 is 0.679 bits per heavy atom. The number of hydrogen-bond acceptors (Lipinski definition) is 4. The van der Waals surface area contributed by atoms with Crippen molar-refractivity contribution in [3.05, 3.63) is 35.4 Å². The second kappa shape index (κ2) is 6.93. The van der Waals surface area contributed by atoms with Crippen molar-refractivity contribution in [2.75, 3.05) is 13.5 Å². The van der Waals surface area contributed by atoms with Gasteiger partial charge in [-0.1, -0.05) is 37.8 Å². The lowest BCUT2D eigenvalue weighted by atomic mass is 9.97. The number of benzene rings is 2. The average molecular weight is 379 g/mol. The first kappa shape index (κ1) is 17.1. The molecule has 4 nitrogen and oxygen atoms in total. The molecule has 0 radical (unpaired) electrons. The predicted octanol–water partition coefficient (Wildman–Crippen LogP) is 5.03. The van der Waals surface area contributed by atoms with Crippen molar-refractivity contribution in [1.29, 1.82) is 0 Å². The van der Waals surface area contributed by atoms with E-state index in [-0.39, 0.29) is 0 Å². The van der Waals surface area contributed by atoms with Crippen molar-refractivity contribution in [2.24, 2.45) is 0 Å². The highest BCUT2D eigenvalue weighted by Crippen LogP contribution is 2.41. The van der Waals surface area contributed by atoms with Gasteiger partial charge in [0, 0.05) is 41.7 Å².